The molecule has 1 amide bonds. The molecule has 1 N–H and O–H groups in total. The van der Waals surface area contributed by atoms with Crippen LogP contribution in [0.5, 0.6) is 0 Å². The molecule has 1 fully saturated rings. The highest BCUT2D eigenvalue weighted by Crippen LogP contribution is 2.33. The van der Waals surface area contributed by atoms with Gasteiger partial charge in [-0.2, -0.15) is 13.2 Å². The number of hydrogen-bond acceptors (Lipinski definition) is 2. The molecule has 1 heterocycles. The lowest BCUT2D eigenvalue weighted by molar-refractivity contribution is -0.206. The second-order valence-corrected chi connectivity index (χ2v) is 4.18. The molecule has 1 aliphatic heterocycles. The zero-order valence-corrected chi connectivity index (χ0v) is 9.44. The average molecular weight is 259 g/mol. The van der Waals surface area contributed by atoms with E-state index in [1.165, 1.54) is 29.2 Å². The number of alkyl halides is 3. The molecular weight excluding hydrogens is 247 g/mol. The molecular formula is C12H12F3NO2. The molecule has 98 valence electrons. The third kappa shape index (κ3) is 2.48. The van der Waals surface area contributed by atoms with Crippen molar-refractivity contribution in [1.29, 1.82) is 0 Å². The van der Waals surface area contributed by atoms with Crippen LogP contribution in [0.4, 0.5) is 18.9 Å². The number of halogens is 3. The molecule has 0 saturated carbocycles. The van der Waals surface area contributed by atoms with Gasteiger partial charge in [0, 0.05) is 18.7 Å². The van der Waals surface area contributed by atoms with Crippen molar-refractivity contribution in [3.05, 3.63) is 29.8 Å². The first-order valence-corrected chi connectivity index (χ1v) is 5.54. The van der Waals surface area contributed by atoms with Crippen molar-refractivity contribution in [2.24, 2.45) is 0 Å². The monoisotopic (exact) mass is 259 g/mol. The van der Waals surface area contributed by atoms with Crippen LogP contribution in [0, 0.1) is 0 Å². The van der Waals surface area contributed by atoms with E-state index in [9.17, 15) is 18.0 Å². The smallest absolute Gasteiger partial charge is 0.379 e. The Morgan fingerprint density at radius 2 is 1.83 bits per heavy atom. The number of nitrogens with zero attached hydrogens (tertiary/aromatic N) is 1. The third-order valence-corrected chi connectivity index (χ3v) is 2.90. The Balaban J connectivity index is 2.17. The average Bonchev–Trinajstić information content (AvgIpc) is 2.73. The van der Waals surface area contributed by atoms with Gasteiger partial charge in [-0.1, -0.05) is 12.1 Å². The van der Waals surface area contributed by atoms with Crippen molar-refractivity contribution < 1.29 is 23.1 Å². The topological polar surface area (TPSA) is 40.5 Å². The molecule has 0 aliphatic carbocycles. The highest BCUT2D eigenvalue weighted by molar-refractivity contribution is 5.95. The minimum Gasteiger partial charge on any atom is -0.379 e. The van der Waals surface area contributed by atoms with E-state index in [4.69, 9.17) is 5.11 Å². The van der Waals surface area contributed by atoms with E-state index in [0.29, 0.717) is 18.7 Å². The number of hydrogen-bond donors (Lipinski definition) is 1. The molecule has 1 aliphatic rings. The van der Waals surface area contributed by atoms with Gasteiger partial charge in [-0.3, -0.25) is 4.79 Å². The summed E-state index contributed by atoms with van der Waals surface area (Å²) in [4.78, 5) is 13.0. The molecule has 3 nitrogen and oxygen atoms in total. The number of rotatable bonds is 2. The summed E-state index contributed by atoms with van der Waals surface area (Å²) in [6.45, 7) is 0.583. The predicted molar refractivity (Wildman–Crippen MR) is 59.0 cm³/mol. The maximum atomic E-state index is 12.3. The first-order chi connectivity index (χ1) is 8.39. The number of carbonyl (C=O) groups is 1. The van der Waals surface area contributed by atoms with Gasteiger partial charge in [0.25, 0.3) is 0 Å². The number of benzene rings is 1. The lowest BCUT2D eigenvalue weighted by Gasteiger charge is -2.18. The van der Waals surface area contributed by atoms with Crippen molar-refractivity contribution in [2.75, 3.05) is 11.4 Å². The molecule has 1 atom stereocenters. The van der Waals surface area contributed by atoms with Crippen LogP contribution < -0.4 is 4.90 Å². The van der Waals surface area contributed by atoms with E-state index >= 15 is 0 Å². The van der Waals surface area contributed by atoms with Crippen LogP contribution in [0.2, 0.25) is 0 Å². The van der Waals surface area contributed by atoms with Gasteiger partial charge in [0.15, 0.2) is 6.10 Å². The second kappa shape index (κ2) is 4.61. The van der Waals surface area contributed by atoms with Crippen LogP contribution in [0.15, 0.2) is 24.3 Å². The maximum absolute atomic E-state index is 12.3. The largest absolute Gasteiger partial charge is 0.418 e. The number of aliphatic hydroxyl groups is 1. The normalized spacial score (nSPS) is 18.2. The van der Waals surface area contributed by atoms with Gasteiger partial charge in [0.2, 0.25) is 5.91 Å². The van der Waals surface area contributed by atoms with E-state index in [2.05, 4.69) is 0 Å². The van der Waals surface area contributed by atoms with Crippen molar-refractivity contribution >= 4 is 11.6 Å². The van der Waals surface area contributed by atoms with Gasteiger partial charge in [-0.25, -0.2) is 0 Å². The molecule has 1 saturated heterocycles. The Labute approximate surface area is 102 Å². The zero-order chi connectivity index (χ0) is 13.3. The van der Waals surface area contributed by atoms with E-state index < -0.39 is 12.3 Å². The molecule has 1 aromatic carbocycles. The summed E-state index contributed by atoms with van der Waals surface area (Å²) in [5, 5.41) is 9.06. The van der Waals surface area contributed by atoms with E-state index in [1.807, 2.05) is 0 Å². The lowest BCUT2D eigenvalue weighted by atomic mass is 10.1. The van der Waals surface area contributed by atoms with E-state index in [0.717, 1.165) is 6.42 Å². The molecule has 0 bridgehead atoms. The Hall–Kier alpha value is -1.56. The fourth-order valence-electron chi connectivity index (χ4n) is 1.95. The SMILES string of the molecule is O=C1CCCN1c1ccc(C(O)C(F)(F)F)cc1. The molecule has 1 unspecified atom stereocenters. The first kappa shape index (κ1) is 12.9. The summed E-state index contributed by atoms with van der Waals surface area (Å²) in [5.41, 5.74) is 0.341. The first-order valence-electron chi connectivity index (χ1n) is 5.54. The van der Waals surface area contributed by atoms with Crippen LogP contribution in [-0.4, -0.2) is 23.7 Å². The summed E-state index contributed by atoms with van der Waals surface area (Å²) in [7, 11) is 0. The molecule has 0 radical (unpaired) electrons. The van der Waals surface area contributed by atoms with Crippen LogP contribution in [-0.2, 0) is 4.79 Å². The van der Waals surface area contributed by atoms with Crippen molar-refractivity contribution in [3.8, 4) is 0 Å². The standard InChI is InChI=1S/C12H12F3NO2/c13-12(14,15)11(18)8-3-5-9(6-4-8)16-7-1-2-10(16)17/h3-6,11,18H,1-2,7H2. The maximum Gasteiger partial charge on any atom is 0.418 e. The van der Waals surface area contributed by atoms with Gasteiger partial charge in [-0.15, -0.1) is 0 Å². The van der Waals surface area contributed by atoms with Gasteiger partial charge in [0.05, 0.1) is 0 Å². The minimum atomic E-state index is -4.68. The quantitative estimate of drug-likeness (QED) is 0.886. The third-order valence-electron chi connectivity index (χ3n) is 2.90. The van der Waals surface area contributed by atoms with Gasteiger partial charge >= 0.3 is 6.18 Å². The molecule has 1 aromatic rings. The Kier molecular flexibility index (Phi) is 3.30. The Morgan fingerprint density at radius 1 is 1.22 bits per heavy atom. The lowest BCUT2D eigenvalue weighted by Crippen LogP contribution is -2.24. The van der Waals surface area contributed by atoms with Gasteiger partial charge in [-0.05, 0) is 24.1 Å². The summed E-state index contributed by atoms with van der Waals surface area (Å²) in [5.74, 6) is -0.0286. The molecule has 18 heavy (non-hydrogen) atoms. The van der Waals surface area contributed by atoms with Crippen molar-refractivity contribution in [1.82, 2.24) is 0 Å². The summed E-state index contributed by atoms with van der Waals surface area (Å²) in [6, 6.07) is 5.24. The highest BCUT2D eigenvalue weighted by atomic mass is 19.4. The van der Waals surface area contributed by atoms with E-state index in [1.54, 1.807) is 0 Å². The molecule has 6 heteroatoms. The Bertz CT molecular complexity index is 442. The number of aliphatic hydroxyl groups excluding tert-OH is 1. The fourth-order valence-corrected chi connectivity index (χ4v) is 1.95. The van der Waals surface area contributed by atoms with Crippen molar-refractivity contribution in [2.45, 2.75) is 25.1 Å². The predicted octanol–water partition coefficient (Wildman–Crippen LogP) is 2.41. The van der Waals surface area contributed by atoms with Gasteiger partial charge < -0.3 is 10.0 Å². The van der Waals surface area contributed by atoms with Gasteiger partial charge in [0.1, 0.15) is 0 Å². The number of anilines is 1. The summed E-state index contributed by atoms with van der Waals surface area (Å²) < 4.78 is 36.9. The zero-order valence-electron chi connectivity index (χ0n) is 9.44. The second-order valence-electron chi connectivity index (χ2n) is 4.18. The van der Waals surface area contributed by atoms with Crippen LogP contribution >= 0.6 is 0 Å². The van der Waals surface area contributed by atoms with Crippen LogP contribution in [0.25, 0.3) is 0 Å². The summed E-state index contributed by atoms with van der Waals surface area (Å²) in [6.07, 6.45) is -5.94. The molecule has 2 rings (SSSR count). The number of amides is 1. The van der Waals surface area contributed by atoms with Crippen LogP contribution in [0.3, 0.4) is 0 Å². The Morgan fingerprint density at radius 3 is 2.28 bits per heavy atom. The molecule has 0 spiro atoms. The fraction of sp³-hybridized carbons (Fsp3) is 0.417. The summed E-state index contributed by atoms with van der Waals surface area (Å²) >= 11 is 0. The van der Waals surface area contributed by atoms with Crippen molar-refractivity contribution in [3.63, 3.8) is 0 Å². The van der Waals surface area contributed by atoms with Crippen LogP contribution in [0.1, 0.15) is 24.5 Å². The minimum absolute atomic E-state index is 0.0286. The molecule has 0 aromatic heterocycles. The van der Waals surface area contributed by atoms with E-state index in [-0.39, 0.29) is 11.5 Å². The number of carbonyl (C=O) groups excluding carboxylic acids is 1. The highest BCUT2D eigenvalue weighted by Gasteiger charge is 2.39.